The number of fused-ring (bicyclic) bond motifs is 1. The Bertz CT molecular complexity index is 731. The smallest absolute Gasteiger partial charge is 0.225 e. The van der Waals surface area contributed by atoms with Crippen LogP contribution >= 0.6 is 0 Å². The Labute approximate surface area is 150 Å². The van der Waals surface area contributed by atoms with Crippen molar-refractivity contribution in [1.82, 2.24) is 9.97 Å². The zero-order valence-corrected chi connectivity index (χ0v) is 15.5. The first-order valence-corrected chi connectivity index (χ1v) is 9.04. The van der Waals surface area contributed by atoms with Crippen LogP contribution in [0.5, 0.6) is 0 Å². The number of nitrogens with zero attached hydrogens (tertiary/aromatic N) is 3. The fourth-order valence-electron chi connectivity index (χ4n) is 3.34. The van der Waals surface area contributed by atoms with E-state index in [1.54, 1.807) is 0 Å². The summed E-state index contributed by atoms with van der Waals surface area (Å²) in [5, 5.41) is 12.9. The Hall–Kier alpha value is -2.14. The summed E-state index contributed by atoms with van der Waals surface area (Å²) in [7, 11) is 0. The molecule has 2 heterocycles. The van der Waals surface area contributed by atoms with Crippen molar-refractivity contribution in [3.63, 3.8) is 0 Å². The molecule has 3 rings (SSSR count). The van der Waals surface area contributed by atoms with Crippen molar-refractivity contribution >= 4 is 11.8 Å². The third kappa shape index (κ3) is 3.93. The number of benzene rings is 1. The van der Waals surface area contributed by atoms with Crippen molar-refractivity contribution in [1.29, 1.82) is 0 Å². The van der Waals surface area contributed by atoms with Gasteiger partial charge in [0, 0.05) is 24.3 Å². The molecule has 0 amide bonds. The molecule has 0 radical (unpaired) electrons. The molecule has 1 aromatic heterocycles. The van der Waals surface area contributed by atoms with E-state index in [1.165, 1.54) is 11.1 Å². The number of hydrogen-bond donors (Lipinski definition) is 2. The van der Waals surface area contributed by atoms with Gasteiger partial charge in [-0.1, -0.05) is 38.1 Å². The maximum Gasteiger partial charge on any atom is 0.225 e. The fraction of sp³-hybridized carbons (Fsp3) is 0.500. The summed E-state index contributed by atoms with van der Waals surface area (Å²) in [6, 6.07) is 11.0. The van der Waals surface area contributed by atoms with Crippen molar-refractivity contribution < 1.29 is 5.11 Å². The van der Waals surface area contributed by atoms with Gasteiger partial charge in [0.1, 0.15) is 5.82 Å². The summed E-state index contributed by atoms with van der Waals surface area (Å²) >= 11 is 0. The van der Waals surface area contributed by atoms with E-state index >= 15 is 0 Å². The minimum absolute atomic E-state index is 0.0471. The number of aromatic nitrogens is 2. The number of aryl methyl sites for hydroxylation is 1. The highest BCUT2D eigenvalue weighted by Gasteiger charge is 2.24. The van der Waals surface area contributed by atoms with Gasteiger partial charge >= 0.3 is 0 Å². The molecule has 1 aliphatic rings. The standard InChI is InChI=1S/C20H28N4O/c1-13(2)18(12-25)22-20-21-14(3)9-19(23-20)24-11-17-8-6-5-7-16(17)10-15(24)4/h5-9,13,15,18,25H,10-12H2,1-4H3,(H,21,22,23)/t15-,18-/m0/s1. The molecule has 0 unspecified atom stereocenters. The molecule has 0 fully saturated rings. The second-order valence-electron chi connectivity index (χ2n) is 7.32. The minimum Gasteiger partial charge on any atom is -0.394 e. The predicted molar refractivity (Wildman–Crippen MR) is 102 cm³/mol. The summed E-state index contributed by atoms with van der Waals surface area (Å²) in [6.07, 6.45) is 1.02. The molecule has 134 valence electrons. The number of nitrogens with one attached hydrogen (secondary N) is 1. The van der Waals surface area contributed by atoms with E-state index in [2.05, 4.69) is 60.2 Å². The van der Waals surface area contributed by atoms with Crippen molar-refractivity contribution in [2.75, 3.05) is 16.8 Å². The van der Waals surface area contributed by atoms with Crippen LogP contribution in [0.2, 0.25) is 0 Å². The summed E-state index contributed by atoms with van der Waals surface area (Å²) in [4.78, 5) is 11.6. The topological polar surface area (TPSA) is 61.3 Å². The maximum atomic E-state index is 9.57. The van der Waals surface area contributed by atoms with E-state index in [9.17, 15) is 5.11 Å². The molecule has 0 saturated carbocycles. The summed E-state index contributed by atoms with van der Waals surface area (Å²) < 4.78 is 0. The van der Waals surface area contributed by atoms with Crippen LogP contribution in [0, 0.1) is 12.8 Å². The number of rotatable bonds is 5. The minimum atomic E-state index is -0.0471. The van der Waals surface area contributed by atoms with E-state index in [-0.39, 0.29) is 12.6 Å². The van der Waals surface area contributed by atoms with Crippen molar-refractivity contribution in [3.05, 3.63) is 47.2 Å². The van der Waals surface area contributed by atoms with E-state index in [4.69, 9.17) is 4.98 Å². The second kappa shape index (κ2) is 7.40. The predicted octanol–water partition coefficient (Wildman–Crippen LogP) is 3.17. The van der Waals surface area contributed by atoms with Gasteiger partial charge in [-0.3, -0.25) is 0 Å². The number of aliphatic hydroxyl groups is 1. The Morgan fingerprint density at radius 2 is 1.96 bits per heavy atom. The van der Waals surface area contributed by atoms with Crippen LogP contribution in [0.4, 0.5) is 11.8 Å². The van der Waals surface area contributed by atoms with Crippen LogP contribution in [0.3, 0.4) is 0 Å². The first kappa shape index (κ1) is 17.7. The highest BCUT2D eigenvalue weighted by atomic mass is 16.3. The van der Waals surface area contributed by atoms with E-state index < -0.39 is 0 Å². The molecular formula is C20H28N4O. The van der Waals surface area contributed by atoms with Gasteiger partial charge < -0.3 is 15.3 Å². The van der Waals surface area contributed by atoms with Gasteiger partial charge in [-0.25, -0.2) is 4.98 Å². The van der Waals surface area contributed by atoms with Crippen LogP contribution in [0.1, 0.15) is 37.6 Å². The highest BCUT2D eigenvalue weighted by Crippen LogP contribution is 2.28. The molecule has 0 aliphatic carbocycles. The second-order valence-corrected chi connectivity index (χ2v) is 7.32. The van der Waals surface area contributed by atoms with Crippen LogP contribution in [0.15, 0.2) is 30.3 Å². The molecule has 5 nitrogen and oxygen atoms in total. The molecule has 0 saturated heterocycles. The van der Waals surface area contributed by atoms with Crippen molar-refractivity contribution in [3.8, 4) is 0 Å². The lowest BCUT2D eigenvalue weighted by atomic mass is 9.95. The van der Waals surface area contributed by atoms with Gasteiger partial charge in [-0.2, -0.15) is 4.98 Å². The average Bonchev–Trinajstić information content (AvgIpc) is 2.58. The Morgan fingerprint density at radius 1 is 1.24 bits per heavy atom. The molecule has 5 heteroatoms. The first-order chi connectivity index (χ1) is 12.0. The molecule has 2 atom stereocenters. The summed E-state index contributed by atoms with van der Waals surface area (Å²) in [5.41, 5.74) is 3.72. The molecule has 25 heavy (non-hydrogen) atoms. The molecule has 1 aromatic carbocycles. The first-order valence-electron chi connectivity index (χ1n) is 9.04. The van der Waals surface area contributed by atoms with Crippen LogP contribution < -0.4 is 10.2 Å². The molecule has 2 aromatic rings. The number of anilines is 2. The third-order valence-corrected chi connectivity index (χ3v) is 4.96. The average molecular weight is 340 g/mol. The number of aliphatic hydroxyl groups excluding tert-OH is 1. The third-order valence-electron chi connectivity index (χ3n) is 4.96. The zero-order valence-electron chi connectivity index (χ0n) is 15.5. The lowest BCUT2D eigenvalue weighted by molar-refractivity contribution is 0.248. The van der Waals surface area contributed by atoms with Gasteiger partial charge in [-0.15, -0.1) is 0 Å². The number of hydrogen-bond acceptors (Lipinski definition) is 5. The van der Waals surface area contributed by atoms with Gasteiger partial charge in [0.05, 0.1) is 12.6 Å². The summed E-state index contributed by atoms with van der Waals surface area (Å²) in [5.74, 6) is 1.84. The molecule has 2 N–H and O–H groups in total. The Balaban J connectivity index is 1.87. The molecular weight excluding hydrogens is 312 g/mol. The van der Waals surface area contributed by atoms with Gasteiger partial charge in [0.25, 0.3) is 0 Å². The lowest BCUT2D eigenvalue weighted by Crippen LogP contribution is -2.39. The van der Waals surface area contributed by atoms with Crippen LogP contribution in [-0.4, -0.2) is 33.8 Å². The van der Waals surface area contributed by atoms with Gasteiger partial charge in [-0.05, 0) is 37.3 Å². The Morgan fingerprint density at radius 3 is 2.64 bits per heavy atom. The van der Waals surface area contributed by atoms with E-state index in [1.807, 2.05) is 13.0 Å². The molecule has 1 aliphatic heterocycles. The van der Waals surface area contributed by atoms with Gasteiger partial charge in [0.15, 0.2) is 0 Å². The normalized spacial score (nSPS) is 18.2. The zero-order chi connectivity index (χ0) is 18.0. The quantitative estimate of drug-likeness (QED) is 0.875. The SMILES string of the molecule is Cc1cc(N2Cc3ccccc3C[C@@H]2C)nc(N[C@@H](CO)C(C)C)n1. The van der Waals surface area contributed by atoms with Crippen LogP contribution in [-0.2, 0) is 13.0 Å². The largest absolute Gasteiger partial charge is 0.394 e. The van der Waals surface area contributed by atoms with Gasteiger partial charge in [0.2, 0.25) is 5.95 Å². The van der Waals surface area contributed by atoms with E-state index in [0.29, 0.717) is 17.9 Å². The van der Waals surface area contributed by atoms with E-state index in [0.717, 1.165) is 24.5 Å². The fourth-order valence-corrected chi connectivity index (χ4v) is 3.34. The lowest BCUT2D eigenvalue weighted by Gasteiger charge is -2.36. The van der Waals surface area contributed by atoms with Crippen LogP contribution in [0.25, 0.3) is 0 Å². The summed E-state index contributed by atoms with van der Waals surface area (Å²) in [6.45, 7) is 9.31. The molecule has 0 spiro atoms. The highest BCUT2D eigenvalue weighted by molar-refractivity contribution is 5.49. The Kier molecular flexibility index (Phi) is 5.23. The maximum absolute atomic E-state index is 9.57. The van der Waals surface area contributed by atoms with Crippen molar-refractivity contribution in [2.24, 2.45) is 5.92 Å². The monoisotopic (exact) mass is 340 g/mol. The van der Waals surface area contributed by atoms with Crippen molar-refractivity contribution in [2.45, 2.75) is 52.7 Å². The molecule has 0 bridgehead atoms.